The molecular weight excluding hydrogens is 390 g/mol. The average Bonchev–Trinajstić information content (AvgIpc) is 3.25. The third kappa shape index (κ3) is 3.28. The Labute approximate surface area is 164 Å². The number of benzene rings is 1. The molecule has 0 N–H and O–H groups in total. The van der Waals surface area contributed by atoms with Crippen LogP contribution in [-0.2, 0) is 11.0 Å². The molecule has 2 aliphatic rings. The molecule has 0 spiro atoms. The number of methoxy groups -OCH3 is 1. The van der Waals surface area contributed by atoms with E-state index in [0.717, 1.165) is 31.5 Å². The number of halogens is 4. The van der Waals surface area contributed by atoms with Crippen molar-refractivity contribution in [1.82, 2.24) is 9.88 Å². The number of ether oxygens (including phenoxy) is 1. The summed E-state index contributed by atoms with van der Waals surface area (Å²) in [6.45, 7) is 0. The number of amides is 1. The summed E-state index contributed by atoms with van der Waals surface area (Å²) in [4.78, 5) is 19.0. The number of para-hydroxylation sites is 1. The van der Waals surface area contributed by atoms with E-state index in [1.165, 1.54) is 25.3 Å². The molecule has 2 saturated heterocycles. The lowest BCUT2D eigenvalue weighted by Gasteiger charge is -2.35. The first-order valence-corrected chi connectivity index (χ1v) is 9.23. The first-order chi connectivity index (χ1) is 13.8. The molecule has 4 rings (SSSR count). The topological polar surface area (TPSA) is 45.7 Å². The van der Waals surface area contributed by atoms with Crippen molar-refractivity contribution in [3.8, 4) is 5.75 Å². The van der Waals surface area contributed by atoms with Crippen molar-refractivity contribution in [3.63, 3.8) is 0 Å². The number of aromatic nitrogens is 1. The van der Waals surface area contributed by atoms with Crippen molar-refractivity contribution in [3.05, 3.63) is 47.9 Å². The smallest absolute Gasteiger partial charge is 0.417 e. The van der Waals surface area contributed by atoms with Crippen LogP contribution in [0.4, 0.5) is 29.1 Å². The number of carbonyl (C=O) groups excluding carboxylic acids is 1. The van der Waals surface area contributed by atoms with Gasteiger partial charge in [0.1, 0.15) is 5.82 Å². The SMILES string of the molecule is COc1c(F)cccc1N(c1ccc(C(F)(F)F)cn1)C1CC2CCC1N2C=O. The molecule has 0 aliphatic carbocycles. The van der Waals surface area contributed by atoms with Gasteiger partial charge in [-0.15, -0.1) is 0 Å². The van der Waals surface area contributed by atoms with Crippen LogP contribution < -0.4 is 9.64 Å². The van der Waals surface area contributed by atoms with Crippen LogP contribution >= 0.6 is 0 Å². The zero-order valence-electron chi connectivity index (χ0n) is 15.6. The third-order valence-electron chi connectivity index (χ3n) is 5.74. The van der Waals surface area contributed by atoms with Gasteiger partial charge in [0, 0.05) is 12.2 Å². The monoisotopic (exact) mass is 409 g/mol. The van der Waals surface area contributed by atoms with E-state index >= 15 is 0 Å². The summed E-state index contributed by atoms with van der Waals surface area (Å²) in [7, 11) is 1.33. The molecule has 3 heterocycles. The van der Waals surface area contributed by atoms with Crippen LogP contribution in [0.3, 0.4) is 0 Å². The fourth-order valence-corrected chi connectivity index (χ4v) is 4.50. The summed E-state index contributed by atoms with van der Waals surface area (Å²) in [6, 6.07) is 6.29. The van der Waals surface area contributed by atoms with Gasteiger partial charge in [0.2, 0.25) is 6.41 Å². The predicted molar refractivity (Wildman–Crippen MR) is 97.4 cm³/mol. The van der Waals surface area contributed by atoms with Crippen molar-refractivity contribution in [2.45, 2.75) is 43.6 Å². The van der Waals surface area contributed by atoms with E-state index in [1.54, 1.807) is 15.9 Å². The molecular formula is C20H19F4N3O2. The number of rotatable bonds is 5. The molecule has 0 saturated carbocycles. The Morgan fingerprint density at radius 2 is 2.03 bits per heavy atom. The van der Waals surface area contributed by atoms with Crippen molar-refractivity contribution in [2.24, 2.45) is 0 Å². The molecule has 0 radical (unpaired) electrons. The van der Waals surface area contributed by atoms with Gasteiger partial charge in [-0.25, -0.2) is 9.37 Å². The fourth-order valence-electron chi connectivity index (χ4n) is 4.50. The zero-order valence-corrected chi connectivity index (χ0v) is 15.6. The number of fused-ring (bicyclic) bond motifs is 2. The summed E-state index contributed by atoms with van der Waals surface area (Å²) in [5, 5.41) is 0. The predicted octanol–water partition coefficient (Wildman–Crippen LogP) is 4.15. The van der Waals surface area contributed by atoms with E-state index in [9.17, 15) is 22.4 Å². The highest BCUT2D eigenvalue weighted by Gasteiger charge is 2.49. The summed E-state index contributed by atoms with van der Waals surface area (Å²) in [5.41, 5.74) is -0.502. The molecule has 3 unspecified atom stereocenters. The lowest BCUT2D eigenvalue weighted by Crippen LogP contribution is -2.42. The van der Waals surface area contributed by atoms with Gasteiger partial charge in [0.15, 0.2) is 11.6 Å². The highest BCUT2D eigenvalue weighted by atomic mass is 19.4. The van der Waals surface area contributed by atoms with Crippen LogP contribution in [0.5, 0.6) is 5.75 Å². The van der Waals surface area contributed by atoms with Gasteiger partial charge in [0.25, 0.3) is 0 Å². The minimum atomic E-state index is -4.51. The summed E-state index contributed by atoms with van der Waals surface area (Å²) < 4.78 is 58.5. The Hall–Kier alpha value is -2.84. The fraction of sp³-hybridized carbons (Fsp3) is 0.400. The van der Waals surface area contributed by atoms with Gasteiger partial charge >= 0.3 is 6.18 Å². The Morgan fingerprint density at radius 1 is 1.24 bits per heavy atom. The standard InChI is InChI=1S/C20H19F4N3O2/c1-29-19-14(21)3-2-4-16(19)27(17-9-13-6-7-15(17)26(13)11-28)18-8-5-12(10-25-18)20(22,23)24/h2-5,8,10-11,13,15,17H,6-7,9H2,1H3. The van der Waals surface area contributed by atoms with Crippen LogP contribution in [0, 0.1) is 5.82 Å². The molecule has 2 aliphatic heterocycles. The van der Waals surface area contributed by atoms with E-state index in [2.05, 4.69) is 4.98 Å². The zero-order chi connectivity index (χ0) is 20.8. The number of alkyl halides is 3. The lowest BCUT2D eigenvalue weighted by atomic mass is 9.93. The summed E-state index contributed by atoms with van der Waals surface area (Å²) >= 11 is 0. The van der Waals surface area contributed by atoms with Gasteiger partial charge < -0.3 is 14.5 Å². The molecule has 9 heteroatoms. The molecule has 5 nitrogen and oxygen atoms in total. The maximum Gasteiger partial charge on any atom is 0.417 e. The van der Waals surface area contributed by atoms with Crippen molar-refractivity contribution >= 4 is 17.9 Å². The molecule has 154 valence electrons. The van der Waals surface area contributed by atoms with Crippen LogP contribution in [0.1, 0.15) is 24.8 Å². The van der Waals surface area contributed by atoms with Crippen molar-refractivity contribution in [2.75, 3.05) is 12.0 Å². The number of nitrogens with zero attached hydrogens (tertiary/aromatic N) is 3. The Morgan fingerprint density at radius 3 is 2.62 bits per heavy atom. The minimum Gasteiger partial charge on any atom is -0.492 e. The van der Waals surface area contributed by atoms with Crippen LogP contribution in [0.25, 0.3) is 0 Å². The molecule has 2 aromatic rings. The second-order valence-electron chi connectivity index (χ2n) is 7.22. The third-order valence-corrected chi connectivity index (χ3v) is 5.74. The second-order valence-corrected chi connectivity index (χ2v) is 7.22. The Kier molecular flexibility index (Phi) is 4.84. The Bertz CT molecular complexity index is 904. The highest BCUT2D eigenvalue weighted by molar-refractivity contribution is 5.69. The number of anilines is 2. The minimum absolute atomic E-state index is 0.0189. The van der Waals surface area contributed by atoms with Gasteiger partial charge in [0.05, 0.1) is 30.4 Å². The quantitative estimate of drug-likeness (QED) is 0.550. The van der Waals surface area contributed by atoms with Gasteiger partial charge in [-0.3, -0.25) is 4.79 Å². The van der Waals surface area contributed by atoms with Gasteiger partial charge in [-0.1, -0.05) is 6.07 Å². The van der Waals surface area contributed by atoms with Crippen LogP contribution in [0.2, 0.25) is 0 Å². The largest absolute Gasteiger partial charge is 0.492 e. The maximum absolute atomic E-state index is 14.4. The Balaban J connectivity index is 1.81. The molecule has 2 fully saturated rings. The highest BCUT2D eigenvalue weighted by Crippen LogP contribution is 2.45. The first kappa shape index (κ1) is 19.5. The molecule has 2 bridgehead atoms. The number of hydrogen-bond donors (Lipinski definition) is 0. The molecule has 1 aromatic heterocycles. The normalized spacial score (nSPS) is 23.3. The average molecular weight is 409 g/mol. The summed E-state index contributed by atoms with van der Waals surface area (Å²) in [6.07, 6.45) is -0.682. The molecule has 29 heavy (non-hydrogen) atoms. The van der Waals surface area contributed by atoms with E-state index in [1.807, 2.05) is 0 Å². The molecule has 1 aromatic carbocycles. The van der Waals surface area contributed by atoms with E-state index in [0.29, 0.717) is 12.1 Å². The van der Waals surface area contributed by atoms with E-state index < -0.39 is 17.6 Å². The number of pyridine rings is 1. The van der Waals surface area contributed by atoms with Crippen molar-refractivity contribution < 1.29 is 27.1 Å². The lowest BCUT2D eigenvalue weighted by molar-refractivity contribution is -0.137. The molecule has 3 atom stereocenters. The maximum atomic E-state index is 14.4. The van der Waals surface area contributed by atoms with E-state index in [4.69, 9.17) is 4.74 Å². The van der Waals surface area contributed by atoms with Gasteiger partial charge in [-0.2, -0.15) is 13.2 Å². The van der Waals surface area contributed by atoms with Crippen LogP contribution in [0.15, 0.2) is 36.5 Å². The van der Waals surface area contributed by atoms with Crippen molar-refractivity contribution in [1.29, 1.82) is 0 Å². The number of hydrogen-bond acceptors (Lipinski definition) is 4. The first-order valence-electron chi connectivity index (χ1n) is 9.23. The summed E-state index contributed by atoms with van der Waals surface area (Å²) in [5.74, 6) is -0.364. The van der Waals surface area contributed by atoms with E-state index in [-0.39, 0.29) is 29.7 Å². The number of carbonyl (C=O) groups is 1. The van der Waals surface area contributed by atoms with Crippen LogP contribution in [-0.4, -0.2) is 41.5 Å². The van der Waals surface area contributed by atoms with Gasteiger partial charge in [-0.05, 0) is 43.5 Å². The second kappa shape index (κ2) is 7.20. The molecule has 1 amide bonds.